The topological polar surface area (TPSA) is 29.1 Å². The second kappa shape index (κ2) is 6.61. The molecule has 13 heavy (non-hydrogen) atoms. The Bertz CT molecular complexity index is 206. The first-order valence-corrected chi connectivity index (χ1v) is 4.58. The zero-order valence-corrected chi connectivity index (χ0v) is 8.76. The maximum Gasteiger partial charge on any atom is 0.143 e. The maximum atomic E-state index is 10.6. The first-order valence-electron chi connectivity index (χ1n) is 4.58. The summed E-state index contributed by atoms with van der Waals surface area (Å²) in [4.78, 5) is 10.6. The normalized spacial score (nSPS) is 13.2. The van der Waals surface area contributed by atoms with Crippen LogP contribution in [0.1, 0.15) is 20.8 Å². The molecule has 0 aromatic heterocycles. The Labute approximate surface area is 80.7 Å². The van der Waals surface area contributed by atoms with Crippen molar-refractivity contribution in [2.24, 2.45) is 5.92 Å². The second-order valence-electron chi connectivity index (χ2n) is 3.28. The van der Waals surface area contributed by atoms with Crippen LogP contribution in [0.4, 0.5) is 0 Å². The van der Waals surface area contributed by atoms with Crippen LogP contribution in [0.2, 0.25) is 0 Å². The molecule has 1 unspecified atom stereocenters. The van der Waals surface area contributed by atoms with Crippen molar-refractivity contribution in [1.29, 1.82) is 0 Å². The van der Waals surface area contributed by atoms with Gasteiger partial charge >= 0.3 is 0 Å². The molecular formula is C11H19NO. The molecule has 0 aliphatic rings. The fourth-order valence-electron chi connectivity index (χ4n) is 0.985. The Morgan fingerprint density at radius 1 is 1.54 bits per heavy atom. The molecule has 0 aliphatic heterocycles. The molecule has 1 N–H and O–H groups in total. The SMILES string of the molecule is C=C(CNCC(C)=O)C(C)/C=C/C. The summed E-state index contributed by atoms with van der Waals surface area (Å²) < 4.78 is 0. The van der Waals surface area contributed by atoms with Crippen molar-refractivity contribution in [1.82, 2.24) is 5.32 Å². The van der Waals surface area contributed by atoms with Crippen LogP contribution < -0.4 is 5.32 Å². The molecule has 74 valence electrons. The van der Waals surface area contributed by atoms with E-state index in [0.29, 0.717) is 19.0 Å². The van der Waals surface area contributed by atoms with Crippen LogP contribution >= 0.6 is 0 Å². The van der Waals surface area contributed by atoms with Crippen molar-refractivity contribution in [2.75, 3.05) is 13.1 Å². The van der Waals surface area contributed by atoms with Gasteiger partial charge in [0.1, 0.15) is 5.78 Å². The van der Waals surface area contributed by atoms with Gasteiger partial charge in [0.05, 0.1) is 6.54 Å². The summed E-state index contributed by atoms with van der Waals surface area (Å²) in [5.74, 6) is 0.538. The molecule has 0 aliphatic carbocycles. The van der Waals surface area contributed by atoms with Gasteiger partial charge < -0.3 is 5.32 Å². The van der Waals surface area contributed by atoms with Gasteiger partial charge in [0, 0.05) is 6.54 Å². The van der Waals surface area contributed by atoms with Crippen molar-refractivity contribution in [3.05, 3.63) is 24.3 Å². The molecule has 0 saturated heterocycles. The molecule has 0 aromatic carbocycles. The van der Waals surface area contributed by atoms with E-state index in [0.717, 1.165) is 5.57 Å². The minimum Gasteiger partial charge on any atom is -0.306 e. The van der Waals surface area contributed by atoms with Crippen LogP contribution in [0.15, 0.2) is 24.3 Å². The van der Waals surface area contributed by atoms with E-state index >= 15 is 0 Å². The van der Waals surface area contributed by atoms with E-state index in [-0.39, 0.29) is 5.78 Å². The van der Waals surface area contributed by atoms with Crippen molar-refractivity contribution in [3.63, 3.8) is 0 Å². The molecule has 0 rings (SSSR count). The highest BCUT2D eigenvalue weighted by Crippen LogP contribution is 2.07. The summed E-state index contributed by atoms with van der Waals surface area (Å²) in [5, 5.41) is 3.04. The molecule has 0 spiro atoms. The monoisotopic (exact) mass is 181 g/mol. The second-order valence-corrected chi connectivity index (χ2v) is 3.28. The molecule has 0 amide bonds. The fraction of sp³-hybridized carbons (Fsp3) is 0.545. The average molecular weight is 181 g/mol. The molecule has 0 saturated carbocycles. The summed E-state index contributed by atoms with van der Waals surface area (Å²) in [6.07, 6.45) is 4.11. The predicted octanol–water partition coefficient (Wildman–Crippen LogP) is 1.93. The average Bonchev–Trinajstić information content (AvgIpc) is 2.04. The largest absolute Gasteiger partial charge is 0.306 e. The Balaban J connectivity index is 3.68. The highest BCUT2D eigenvalue weighted by molar-refractivity contribution is 5.77. The Kier molecular flexibility index (Phi) is 6.15. The zero-order chi connectivity index (χ0) is 10.3. The first-order chi connectivity index (χ1) is 6.07. The van der Waals surface area contributed by atoms with E-state index in [4.69, 9.17) is 0 Å². The van der Waals surface area contributed by atoms with Gasteiger partial charge in [0.15, 0.2) is 0 Å². The summed E-state index contributed by atoms with van der Waals surface area (Å²) >= 11 is 0. The Morgan fingerprint density at radius 3 is 2.62 bits per heavy atom. The molecule has 2 heteroatoms. The summed E-state index contributed by atoms with van der Waals surface area (Å²) in [5.41, 5.74) is 1.11. The highest BCUT2D eigenvalue weighted by Gasteiger charge is 2.01. The number of hydrogen-bond acceptors (Lipinski definition) is 2. The van der Waals surface area contributed by atoms with Crippen LogP contribution in [0.5, 0.6) is 0 Å². The van der Waals surface area contributed by atoms with Crippen LogP contribution in [-0.2, 0) is 4.79 Å². The Morgan fingerprint density at radius 2 is 2.15 bits per heavy atom. The number of nitrogens with one attached hydrogen (secondary N) is 1. The molecule has 2 nitrogen and oxygen atoms in total. The van der Waals surface area contributed by atoms with E-state index in [1.165, 1.54) is 0 Å². The number of hydrogen-bond donors (Lipinski definition) is 1. The zero-order valence-electron chi connectivity index (χ0n) is 8.76. The quantitative estimate of drug-likeness (QED) is 0.634. The number of carbonyl (C=O) groups excluding carboxylic acids is 1. The minimum atomic E-state index is 0.159. The Hall–Kier alpha value is -0.890. The van der Waals surface area contributed by atoms with Crippen molar-refractivity contribution < 1.29 is 4.79 Å². The van der Waals surface area contributed by atoms with Crippen LogP contribution in [0.25, 0.3) is 0 Å². The lowest BCUT2D eigenvalue weighted by molar-refractivity contribution is -0.116. The molecule has 1 atom stereocenters. The standard InChI is InChI=1S/C11H19NO/c1-5-6-9(2)10(3)7-12-8-11(4)13/h5-6,9,12H,3,7-8H2,1-2,4H3/b6-5+. The van der Waals surface area contributed by atoms with E-state index < -0.39 is 0 Å². The van der Waals surface area contributed by atoms with E-state index in [1.54, 1.807) is 6.92 Å². The van der Waals surface area contributed by atoms with Gasteiger partial charge in [-0.1, -0.05) is 31.2 Å². The van der Waals surface area contributed by atoms with Crippen LogP contribution in [0, 0.1) is 5.92 Å². The predicted molar refractivity (Wildman–Crippen MR) is 56.7 cm³/mol. The highest BCUT2D eigenvalue weighted by atomic mass is 16.1. The lowest BCUT2D eigenvalue weighted by Crippen LogP contribution is -2.24. The maximum absolute atomic E-state index is 10.6. The number of rotatable bonds is 6. The molecule has 0 aromatic rings. The summed E-state index contributed by atoms with van der Waals surface area (Å²) in [7, 11) is 0. The number of ketones is 1. The molecule has 0 heterocycles. The summed E-state index contributed by atoms with van der Waals surface area (Å²) in [6.45, 7) is 10.8. The number of carbonyl (C=O) groups is 1. The summed E-state index contributed by atoms with van der Waals surface area (Å²) in [6, 6.07) is 0. The number of Topliss-reactive ketones (excluding diaryl/α,β-unsaturated/α-hetero) is 1. The van der Waals surface area contributed by atoms with E-state index in [9.17, 15) is 4.79 Å². The molecule has 0 radical (unpaired) electrons. The fourth-order valence-corrected chi connectivity index (χ4v) is 0.985. The van der Waals surface area contributed by atoms with Gasteiger partial charge in [-0.05, 0) is 19.8 Å². The van der Waals surface area contributed by atoms with Gasteiger partial charge in [-0.3, -0.25) is 4.79 Å². The van der Waals surface area contributed by atoms with Crippen LogP contribution in [0.3, 0.4) is 0 Å². The third kappa shape index (κ3) is 6.29. The van der Waals surface area contributed by atoms with Gasteiger partial charge in [-0.15, -0.1) is 0 Å². The van der Waals surface area contributed by atoms with E-state index in [1.807, 2.05) is 13.0 Å². The number of allylic oxidation sites excluding steroid dienone is 2. The van der Waals surface area contributed by atoms with Gasteiger partial charge in [0.25, 0.3) is 0 Å². The third-order valence-corrected chi connectivity index (χ3v) is 1.85. The minimum absolute atomic E-state index is 0.159. The third-order valence-electron chi connectivity index (χ3n) is 1.85. The smallest absolute Gasteiger partial charge is 0.143 e. The first kappa shape index (κ1) is 12.1. The molecule has 0 bridgehead atoms. The van der Waals surface area contributed by atoms with Crippen LogP contribution in [-0.4, -0.2) is 18.9 Å². The molecule has 0 fully saturated rings. The van der Waals surface area contributed by atoms with Crippen molar-refractivity contribution >= 4 is 5.78 Å². The van der Waals surface area contributed by atoms with Gasteiger partial charge in [0.2, 0.25) is 0 Å². The lowest BCUT2D eigenvalue weighted by atomic mass is 10.0. The van der Waals surface area contributed by atoms with Gasteiger partial charge in [-0.2, -0.15) is 0 Å². The van der Waals surface area contributed by atoms with E-state index in [2.05, 4.69) is 24.9 Å². The van der Waals surface area contributed by atoms with Crippen molar-refractivity contribution in [2.45, 2.75) is 20.8 Å². The van der Waals surface area contributed by atoms with Crippen molar-refractivity contribution in [3.8, 4) is 0 Å². The molecular weight excluding hydrogens is 162 g/mol. The lowest BCUT2D eigenvalue weighted by Gasteiger charge is -2.10. The van der Waals surface area contributed by atoms with Gasteiger partial charge in [-0.25, -0.2) is 0 Å².